The third kappa shape index (κ3) is 3.13. The molecule has 3 heteroatoms. The van der Waals surface area contributed by atoms with Gasteiger partial charge < -0.3 is 9.47 Å². The van der Waals surface area contributed by atoms with Crippen molar-refractivity contribution in [2.45, 2.75) is 71.3 Å². The summed E-state index contributed by atoms with van der Waals surface area (Å²) in [5.74, 6) is 0.383. The Kier molecular flexibility index (Phi) is 4.54. The van der Waals surface area contributed by atoms with Crippen LogP contribution < -0.4 is 0 Å². The molecule has 1 aliphatic heterocycles. The van der Waals surface area contributed by atoms with E-state index >= 15 is 0 Å². The Labute approximate surface area is 117 Å². The van der Waals surface area contributed by atoms with E-state index in [0.29, 0.717) is 5.92 Å². The van der Waals surface area contributed by atoms with Gasteiger partial charge in [-0.25, -0.2) is 0 Å². The van der Waals surface area contributed by atoms with Crippen LogP contribution >= 0.6 is 0 Å². The van der Waals surface area contributed by atoms with E-state index in [-0.39, 0.29) is 17.0 Å². The molecule has 0 amide bonds. The van der Waals surface area contributed by atoms with Gasteiger partial charge in [-0.2, -0.15) is 0 Å². The number of carbonyl (C=O) groups is 1. The van der Waals surface area contributed by atoms with Crippen molar-refractivity contribution < 1.29 is 14.3 Å². The quantitative estimate of drug-likeness (QED) is 0.729. The lowest BCUT2D eigenvalue weighted by atomic mass is 9.74. The first-order chi connectivity index (χ1) is 9.00. The average molecular weight is 268 g/mol. The van der Waals surface area contributed by atoms with Gasteiger partial charge in [0.25, 0.3) is 0 Å². The number of hydrogen-bond acceptors (Lipinski definition) is 3. The van der Waals surface area contributed by atoms with Gasteiger partial charge in [0.2, 0.25) is 0 Å². The lowest BCUT2D eigenvalue weighted by Gasteiger charge is -2.42. The summed E-state index contributed by atoms with van der Waals surface area (Å²) in [6, 6.07) is 0. The largest absolute Gasteiger partial charge is 0.458 e. The smallest absolute Gasteiger partial charge is 0.312 e. The van der Waals surface area contributed by atoms with Crippen LogP contribution in [0.5, 0.6) is 0 Å². The Morgan fingerprint density at radius 1 is 1.32 bits per heavy atom. The molecule has 0 aromatic heterocycles. The SMILES string of the molecule is CCC(C)(C)C(=O)OC1(C2CCOC2)CCCCC1. The van der Waals surface area contributed by atoms with Crippen molar-refractivity contribution in [1.82, 2.24) is 0 Å². The lowest BCUT2D eigenvalue weighted by molar-refractivity contribution is -0.182. The van der Waals surface area contributed by atoms with Crippen molar-refractivity contribution >= 4 is 5.97 Å². The van der Waals surface area contributed by atoms with Gasteiger partial charge in [0.1, 0.15) is 5.60 Å². The molecule has 0 bridgehead atoms. The second kappa shape index (κ2) is 5.82. The predicted molar refractivity (Wildman–Crippen MR) is 74.9 cm³/mol. The van der Waals surface area contributed by atoms with E-state index in [9.17, 15) is 4.79 Å². The maximum Gasteiger partial charge on any atom is 0.312 e. The van der Waals surface area contributed by atoms with E-state index in [1.165, 1.54) is 19.3 Å². The molecule has 0 spiro atoms. The van der Waals surface area contributed by atoms with Gasteiger partial charge in [0, 0.05) is 12.5 Å². The molecule has 1 unspecified atom stereocenters. The fourth-order valence-corrected chi connectivity index (χ4v) is 3.16. The van der Waals surface area contributed by atoms with Gasteiger partial charge in [-0.1, -0.05) is 13.3 Å². The molecule has 0 aromatic rings. The first kappa shape index (κ1) is 14.8. The summed E-state index contributed by atoms with van der Waals surface area (Å²) in [7, 11) is 0. The Bertz CT molecular complexity index is 310. The zero-order valence-corrected chi connectivity index (χ0v) is 12.7. The van der Waals surface area contributed by atoms with E-state index in [2.05, 4.69) is 0 Å². The molecule has 0 aromatic carbocycles. The summed E-state index contributed by atoms with van der Waals surface area (Å²) in [5, 5.41) is 0. The van der Waals surface area contributed by atoms with Crippen LogP contribution in [0.15, 0.2) is 0 Å². The molecular weight excluding hydrogens is 240 g/mol. The Morgan fingerprint density at radius 2 is 2.00 bits per heavy atom. The normalized spacial score (nSPS) is 27.2. The maximum absolute atomic E-state index is 12.5. The fourth-order valence-electron chi connectivity index (χ4n) is 3.16. The highest BCUT2D eigenvalue weighted by atomic mass is 16.6. The molecule has 2 rings (SSSR count). The van der Waals surface area contributed by atoms with Crippen molar-refractivity contribution in [3.05, 3.63) is 0 Å². The van der Waals surface area contributed by atoms with Crippen LogP contribution in [-0.2, 0) is 14.3 Å². The van der Waals surface area contributed by atoms with Crippen molar-refractivity contribution in [3.63, 3.8) is 0 Å². The van der Waals surface area contributed by atoms with E-state index in [4.69, 9.17) is 9.47 Å². The highest BCUT2D eigenvalue weighted by molar-refractivity contribution is 5.76. The summed E-state index contributed by atoms with van der Waals surface area (Å²) in [5.41, 5.74) is -0.609. The second-order valence-electron chi connectivity index (χ2n) is 6.81. The highest BCUT2D eigenvalue weighted by Gasteiger charge is 2.46. The molecule has 110 valence electrons. The molecule has 19 heavy (non-hydrogen) atoms. The Balaban J connectivity index is 2.11. The van der Waals surface area contributed by atoms with Crippen LogP contribution in [-0.4, -0.2) is 24.8 Å². The molecule has 2 fully saturated rings. The summed E-state index contributed by atoms with van der Waals surface area (Å²) in [4.78, 5) is 12.5. The Morgan fingerprint density at radius 3 is 2.53 bits per heavy atom. The van der Waals surface area contributed by atoms with Gasteiger partial charge in [-0.05, 0) is 52.4 Å². The first-order valence-corrected chi connectivity index (χ1v) is 7.81. The minimum absolute atomic E-state index is 0.0243. The molecule has 1 heterocycles. The van der Waals surface area contributed by atoms with Gasteiger partial charge in [0.05, 0.1) is 12.0 Å². The van der Waals surface area contributed by atoms with Crippen molar-refractivity contribution in [2.75, 3.05) is 13.2 Å². The van der Waals surface area contributed by atoms with Gasteiger partial charge in [-0.15, -0.1) is 0 Å². The molecular formula is C16H28O3. The summed E-state index contributed by atoms with van der Waals surface area (Å²) in [6.45, 7) is 7.60. The van der Waals surface area contributed by atoms with Crippen LogP contribution in [0, 0.1) is 11.3 Å². The monoisotopic (exact) mass is 268 g/mol. The topological polar surface area (TPSA) is 35.5 Å². The van der Waals surface area contributed by atoms with E-state index in [1.807, 2.05) is 20.8 Å². The number of esters is 1. The van der Waals surface area contributed by atoms with Crippen molar-refractivity contribution in [3.8, 4) is 0 Å². The third-order valence-corrected chi connectivity index (χ3v) is 5.11. The van der Waals surface area contributed by atoms with Crippen LogP contribution in [0.25, 0.3) is 0 Å². The predicted octanol–water partition coefficient (Wildman–Crippen LogP) is 3.71. The number of hydrogen-bond donors (Lipinski definition) is 0. The van der Waals surface area contributed by atoms with E-state index < -0.39 is 0 Å². The van der Waals surface area contributed by atoms with Crippen LogP contribution in [0.4, 0.5) is 0 Å². The maximum atomic E-state index is 12.5. The van der Waals surface area contributed by atoms with Crippen molar-refractivity contribution in [2.24, 2.45) is 11.3 Å². The zero-order valence-electron chi connectivity index (χ0n) is 12.7. The van der Waals surface area contributed by atoms with Gasteiger partial charge in [-0.3, -0.25) is 4.79 Å². The lowest BCUT2D eigenvalue weighted by Crippen LogP contribution is -2.47. The minimum atomic E-state index is -0.371. The van der Waals surface area contributed by atoms with E-state index in [1.54, 1.807) is 0 Å². The van der Waals surface area contributed by atoms with Crippen LogP contribution in [0.1, 0.15) is 65.7 Å². The molecule has 0 N–H and O–H groups in total. The summed E-state index contributed by atoms with van der Waals surface area (Å²) < 4.78 is 11.6. The average Bonchev–Trinajstić information content (AvgIpc) is 2.94. The number of carbonyl (C=O) groups excluding carboxylic acids is 1. The summed E-state index contributed by atoms with van der Waals surface area (Å²) >= 11 is 0. The van der Waals surface area contributed by atoms with Crippen molar-refractivity contribution in [1.29, 1.82) is 0 Å². The molecule has 1 saturated carbocycles. The molecule has 1 atom stereocenters. The molecule has 3 nitrogen and oxygen atoms in total. The fraction of sp³-hybridized carbons (Fsp3) is 0.938. The number of rotatable bonds is 4. The minimum Gasteiger partial charge on any atom is -0.458 e. The Hall–Kier alpha value is -0.570. The summed E-state index contributed by atoms with van der Waals surface area (Å²) in [6.07, 6.45) is 7.53. The first-order valence-electron chi connectivity index (χ1n) is 7.81. The number of ether oxygens (including phenoxy) is 2. The second-order valence-corrected chi connectivity index (χ2v) is 6.81. The van der Waals surface area contributed by atoms with Gasteiger partial charge in [0.15, 0.2) is 0 Å². The van der Waals surface area contributed by atoms with Gasteiger partial charge >= 0.3 is 5.97 Å². The third-order valence-electron chi connectivity index (χ3n) is 5.11. The molecule has 1 aliphatic carbocycles. The van der Waals surface area contributed by atoms with Crippen LogP contribution in [0.3, 0.4) is 0 Å². The molecule has 2 aliphatic rings. The highest BCUT2D eigenvalue weighted by Crippen LogP contribution is 2.42. The standard InChI is InChI=1S/C16H28O3/c1-4-15(2,3)14(17)19-16(9-6-5-7-10-16)13-8-11-18-12-13/h13H,4-12H2,1-3H3. The zero-order chi connectivity index (χ0) is 13.9. The van der Waals surface area contributed by atoms with Crippen LogP contribution in [0.2, 0.25) is 0 Å². The molecule has 1 saturated heterocycles. The molecule has 0 radical (unpaired) electrons. The van der Waals surface area contributed by atoms with E-state index in [0.717, 1.165) is 38.9 Å².